The zero-order valence-corrected chi connectivity index (χ0v) is 15.7. The summed E-state index contributed by atoms with van der Waals surface area (Å²) in [6.45, 7) is 2.35. The highest BCUT2D eigenvalue weighted by molar-refractivity contribution is 7.92. The van der Waals surface area contributed by atoms with Crippen molar-refractivity contribution in [1.29, 1.82) is 0 Å². The van der Waals surface area contributed by atoms with Crippen molar-refractivity contribution in [3.63, 3.8) is 0 Å². The highest BCUT2D eigenvalue weighted by atomic mass is 32.2. The predicted molar refractivity (Wildman–Crippen MR) is 105 cm³/mol. The van der Waals surface area contributed by atoms with Crippen LogP contribution in [0.2, 0.25) is 0 Å². The van der Waals surface area contributed by atoms with Crippen LogP contribution in [0.4, 0.5) is 5.69 Å². The third-order valence-electron chi connectivity index (χ3n) is 4.39. The number of nitrogens with zero attached hydrogens (tertiary/aromatic N) is 3. The highest BCUT2D eigenvalue weighted by Crippen LogP contribution is 2.29. The summed E-state index contributed by atoms with van der Waals surface area (Å²) in [5, 5.41) is 6.27. The average Bonchev–Trinajstić information content (AvgIpc) is 3.30. The number of hydrogen-bond donors (Lipinski definition) is 2. The van der Waals surface area contributed by atoms with E-state index < -0.39 is 10.0 Å². The summed E-state index contributed by atoms with van der Waals surface area (Å²) in [5.74, 6) is 0.633. The van der Waals surface area contributed by atoms with Crippen molar-refractivity contribution in [3.05, 3.63) is 54.4 Å². The smallest absolute Gasteiger partial charge is 0.236 e. The molecule has 3 rings (SSSR count). The molecule has 0 saturated heterocycles. The molecule has 0 spiro atoms. The van der Waals surface area contributed by atoms with Gasteiger partial charge < -0.3 is 15.2 Å². The molecule has 7 nitrogen and oxygen atoms in total. The van der Waals surface area contributed by atoms with Gasteiger partial charge in [0.25, 0.3) is 0 Å². The Morgan fingerprint density at radius 1 is 1.12 bits per heavy atom. The standard InChI is InChI=1S/C18H25N5O2S/c1-19-18(20-9-14-22-11-4-5-12-22)21-10-15-26(24,25)23-13-8-16-6-2-3-7-17(16)23/h2-7,11-12H,8-10,13-15H2,1H3,(H2,19,20,21). The fourth-order valence-corrected chi connectivity index (χ4v) is 4.48. The van der Waals surface area contributed by atoms with Gasteiger partial charge in [0.05, 0.1) is 11.4 Å². The Morgan fingerprint density at radius 3 is 2.62 bits per heavy atom. The van der Waals surface area contributed by atoms with Crippen molar-refractivity contribution in [2.45, 2.75) is 13.0 Å². The Labute approximate surface area is 154 Å². The minimum atomic E-state index is -3.35. The van der Waals surface area contributed by atoms with Gasteiger partial charge in [0, 0.05) is 45.6 Å². The van der Waals surface area contributed by atoms with Gasteiger partial charge in [-0.2, -0.15) is 0 Å². The molecule has 0 aliphatic carbocycles. The zero-order chi connectivity index (χ0) is 18.4. The molecule has 0 bridgehead atoms. The van der Waals surface area contributed by atoms with Crippen LogP contribution in [0, 0.1) is 0 Å². The molecule has 0 radical (unpaired) electrons. The minimum absolute atomic E-state index is 0.0274. The molecule has 2 N–H and O–H groups in total. The van der Waals surface area contributed by atoms with Gasteiger partial charge in [0.1, 0.15) is 0 Å². The molecule has 1 aromatic heterocycles. The highest BCUT2D eigenvalue weighted by Gasteiger charge is 2.28. The number of anilines is 1. The molecule has 140 valence electrons. The number of para-hydroxylation sites is 1. The molecular weight excluding hydrogens is 350 g/mol. The number of sulfonamides is 1. The molecule has 2 heterocycles. The van der Waals surface area contributed by atoms with Crippen LogP contribution in [0.5, 0.6) is 0 Å². The predicted octanol–water partition coefficient (Wildman–Crippen LogP) is 1.05. The van der Waals surface area contributed by atoms with E-state index in [0.717, 1.165) is 24.2 Å². The molecule has 0 unspecified atom stereocenters. The Kier molecular flexibility index (Phi) is 5.82. The summed E-state index contributed by atoms with van der Waals surface area (Å²) in [4.78, 5) is 4.14. The normalized spacial score (nSPS) is 14.3. The second-order valence-corrected chi connectivity index (χ2v) is 8.13. The second kappa shape index (κ2) is 8.27. The van der Waals surface area contributed by atoms with Crippen molar-refractivity contribution >= 4 is 21.7 Å². The Hall–Kier alpha value is -2.48. The fraction of sp³-hybridized carbons (Fsp3) is 0.389. The van der Waals surface area contributed by atoms with Crippen LogP contribution in [0.25, 0.3) is 0 Å². The topological polar surface area (TPSA) is 78.7 Å². The molecule has 2 aromatic rings. The number of rotatable bonds is 7. The first kappa shape index (κ1) is 18.3. The van der Waals surface area contributed by atoms with Crippen LogP contribution in [0.15, 0.2) is 53.8 Å². The van der Waals surface area contributed by atoms with Crippen molar-refractivity contribution in [1.82, 2.24) is 15.2 Å². The summed E-state index contributed by atoms with van der Waals surface area (Å²) in [7, 11) is -1.67. The van der Waals surface area contributed by atoms with Crippen LogP contribution in [0.1, 0.15) is 5.56 Å². The van der Waals surface area contributed by atoms with Gasteiger partial charge in [0.15, 0.2) is 5.96 Å². The number of fused-ring (bicyclic) bond motifs is 1. The van der Waals surface area contributed by atoms with E-state index in [4.69, 9.17) is 0 Å². The first-order valence-electron chi connectivity index (χ1n) is 8.74. The van der Waals surface area contributed by atoms with E-state index in [9.17, 15) is 8.42 Å². The maximum atomic E-state index is 12.7. The summed E-state index contributed by atoms with van der Waals surface area (Å²) < 4.78 is 28.9. The van der Waals surface area contributed by atoms with Crippen molar-refractivity contribution in [2.24, 2.45) is 4.99 Å². The van der Waals surface area contributed by atoms with Gasteiger partial charge in [-0.15, -0.1) is 0 Å². The number of benzene rings is 1. The molecule has 26 heavy (non-hydrogen) atoms. The number of nitrogens with one attached hydrogen (secondary N) is 2. The lowest BCUT2D eigenvalue weighted by molar-refractivity contribution is 0.590. The molecule has 0 amide bonds. The van der Waals surface area contributed by atoms with E-state index in [1.165, 1.54) is 4.31 Å². The SMILES string of the molecule is CN=C(NCCn1cccc1)NCCS(=O)(=O)N1CCc2ccccc21. The molecule has 8 heteroatoms. The van der Waals surface area contributed by atoms with Crippen LogP contribution in [-0.2, 0) is 23.0 Å². The van der Waals surface area contributed by atoms with Gasteiger partial charge in [0.2, 0.25) is 10.0 Å². The van der Waals surface area contributed by atoms with Gasteiger partial charge in [-0.25, -0.2) is 8.42 Å². The van der Waals surface area contributed by atoms with Crippen LogP contribution in [0.3, 0.4) is 0 Å². The Balaban J connectivity index is 1.47. The van der Waals surface area contributed by atoms with E-state index in [-0.39, 0.29) is 5.75 Å². The van der Waals surface area contributed by atoms with Gasteiger partial charge >= 0.3 is 0 Å². The summed E-state index contributed by atoms with van der Waals surface area (Å²) >= 11 is 0. The van der Waals surface area contributed by atoms with E-state index in [1.54, 1.807) is 7.05 Å². The molecule has 0 saturated carbocycles. The van der Waals surface area contributed by atoms with E-state index in [2.05, 4.69) is 20.2 Å². The van der Waals surface area contributed by atoms with Crippen molar-refractivity contribution in [2.75, 3.05) is 36.7 Å². The monoisotopic (exact) mass is 375 g/mol. The first-order valence-corrected chi connectivity index (χ1v) is 10.3. The summed E-state index contributed by atoms with van der Waals surface area (Å²) in [6.07, 6.45) is 4.77. The molecule has 1 aliphatic heterocycles. The van der Waals surface area contributed by atoms with Crippen LogP contribution < -0.4 is 14.9 Å². The summed E-state index contributed by atoms with van der Waals surface area (Å²) in [5.41, 5.74) is 1.90. The lowest BCUT2D eigenvalue weighted by atomic mass is 10.2. The largest absolute Gasteiger partial charge is 0.355 e. The minimum Gasteiger partial charge on any atom is -0.355 e. The van der Waals surface area contributed by atoms with E-state index in [0.29, 0.717) is 25.6 Å². The maximum absolute atomic E-state index is 12.7. The number of aliphatic imine (C=N–C) groups is 1. The van der Waals surface area contributed by atoms with E-state index in [1.807, 2.05) is 48.8 Å². The molecule has 0 fully saturated rings. The van der Waals surface area contributed by atoms with Crippen molar-refractivity contribution in [3.8, 4) is 0 Å². The third-order valence-corrected chi connectivity index (χ3v) is 6.16. The van der Waals surface area contributed by atoms with Crippen molar-refractivity contribution < 1.29 is 8.42 Å². The molecular formula is C18H25N5O2S. The molecule has 1 aromatic carbocycles. The second-order valence-electron chi connectivity index (χ2n) is 6.11. The number of hydrogen-bond acceptors (Lipinski definition) is 3. The Bertz CT molecular complexity index is 846. The Morgan fingerprint density at radius 2 is 1.85 bits per heavy atom. The van der Waals surface area contributed by atoms with Gasteiger partial charge in [-0.1, -0.05) is 18.2 Å². The average molecular weight is 375 g/mol. The maximum Gasteiger partial charge on any atom is 0.236 e. The quantitative estimate of drug-likeness (QED) is 0.560. The third kappa shape index (κ3) is 4.37. The van der Waals surface area contributed by atoms with Gasteiger partial charge in [-0.05, 0) is 30.2 Å². The fourth-order valence-electron chi connectivity index (χ4n) is 3.05. The van der Waals surface area contributed by atoms with Crippen LogP contribution >= 0.6 is 0 Å². The summed E-state index contributed by atoms with van der Waals surface area (Å²) in [6, 6.07) is 11.6. The van der Waals surface area contributed by atoms with E-state index >= 15 is 0 Å². The number of aromatic nitrogens is 1. The molecule has 0 atom stereocenters. The number of guanidine groups is 1. The zero-order valence-electron chi connectivity index (χ0n) is 14.9. The van der Waals surface area contributed by atoms with Crippen LogP contribution in [-0.4, -0.2) is 51.4 Å². The first-order chi connectivity index (χ1) is 12.6. The lowest BCUT2D eigenvalue weighted by Crippen LogP contribution is -2.42. The molecule has 1 aliphatic rings. The lowest BCUT2D eigenvalue weighted by Gasteiger charge is -2.20. The van der Waals surface area contributed by atoms with Gasteiger partial charge in [-0.3, -0.25) is 9.30 Å².